The average Bonchev–Trinajstić information content (AvgIpc) is 3.54. The molecule has 1 saturated carbocycles. The summed E-state index contributed by atoms with van der Waals surface area (Å²) in [5.74, 6) is 2.71. The lowest BCUT2D eigenvalue weighted by Crippen LogP contribution is -2.45. The first-order chi connectivity index (χ1) is 17.1. The summed E-state index contributed by atoms with van der Waals surface area (Å²) in [6.45, 7) is 2.36. The van der Waals surface area contributed by atoms with Crippen LogP contribution in [0.3, 0.4) is 0 Å². The highest BCUT2D eigenvalue weighted by Crippen LogP contribution is 2.34. The zero-order chi connectivity index (χ0) is 23.9. The van der Waals surface area contributed by atoms with Gasteiger partial charge in [-0.2, -0.15) is 0 Å². The molecule has 2 aliphatic rings. The van der Waals surface area contributed by atoms with Gasteiger partial charge in [-0.1, -0.05) is 30.3 Å². The van der Waals surface area contributed by atoms with E-state index in [2.05, 4.69) is 33.4 Å². The van der Waals surface area contributed by atoms with Crippen molar-refractivity contribution in [1.82, 2.24) is 24.0 Å². The Balaban J connectivity index is 1.35. The van der Waals surface area contributed by atoms with E-state index in [0.717, 1.165) is 60.7 Å². The van der Waals surface area contributed by atoms with Gasteiger partial charge in [-0.25, -0.2) is 9.97 Å². The molecular formula is C28H32N6O. The van der Waals surface area contributed by atoms with Crippen LogP contribution in [-0.4, -0.2) is 49.0 Å². The number of piperidine rings is 1. The molecule has 7 nitrogen and oxygen atoms in total. The molecule has 35 heavy (non-hydrogen) atoms. The number of aryl methyl sites for hydroxylation is 1. The molecule has 1 aliphatic heterocycles. The summed E-state index contributed by atoms with van der Waals surface area (Å²) in [4.78, 5) is 24.8. The molecule has 3 heterocycles. The fraction of sp³-hybridized carbons (Fsp3) is 0.393. The summed E-state index contributed by atoms with van der Waals surface area (Å²) in [5, 5.41) is 0. The number of nitrogens with two attached hydrogens (primary N) is 1. The van der Waals surface area contributed by atoms with E-state index in [0.29, 0.717) is 18.0 Å². The van der Waals surface area contributed by atoms with E-state index >= 15 is 0 Å². The van der Waals surface area contributed by atoms with Gasteiger partial charge in [0, 0.05) is 44.7 Å². The van der Waals surface area contributed by atoms with Crippen LogP contribution in [-0.2, 0) is 20.0 Å². The van der Waals surface area contributed by atoms with Crippen LogP contribution in [0.2, 0.25) is 0 Å². The summed E-state index contributed by atoms with van der Waals surface area (Å²) >= 11 is 0. The van der Waals surface area contributed by atoms with Crippen molar-refractivity contribution >= 4 is 16.9 Å². The zero-order valence-electron chi connectivity index (χ0n) is 20.2. The van der Waals surface area contributed by atoms with E-state index < -0.39 is 0 Å². The monoisotopic (exact) mass is 468 g/mol. The smallest absolute Gasteiger partial charge is 0.253 e. The number of aromatic nitrogens is 4. The molecule has 0 bridgehead atoms. The van der Waals surface area contributed by atoms with Gasteiger partial charge in [-0.3, -0.25) is 4.79 Å². The Morgan fingerprint density at radius 3 is 2.71 bits per heavy atom. The average molecular weight is 469 g/mol. The number of rotatable bonds is 6. The van der Waals surface area contributed by atoms with Gasteiger partial charge in [0.05, 0.1) is 17.2 Å². The third-order valence-corrected chi connectivity index (χ3v) is 7.38. The maximum absolute atomic E-state index is 13.1. The molecule has 2 aromatic carbocycles. The standard InChI is InChI=1S/C28H32N6O/c1-32-24-12-11-21(28(35)33-13-5-8-22(29)18-33)15-23(24)31-27(32)25-16-30-26(34(25)17-20-9-10-20)14-19-6-3-2-4-7-19/h2-4,6-7,11-12,15-16,20,22H,5,8-10,13-14,17-18,29H2,1H3/t22-/m1/s1. The molecule has 180 valence electrons. The fourth-order valence-electron chi connectivity index (χ4n) is 5.21. The van der Waals surface area contributed by atoms with Crippen LogP contribution in [0.1, 0.15) is 47.4 Å². The third-order valence-electron chi connectivity index (χ3n) is 7.38. The normalized spacial score (nSPS) is 18.3. The van der Waals surface area contributed by atoms with Crippen molar-refractivity contribution in [2.75, 3.05) is 13.1 Å². The van der Waals surface area contributed by atoms with Crippen molar-refractivity contribution in [2.45, 2.75) is 44.7 Å². The van der Waals surface area contributed by atoms with Gasteiger partial charge in [-0.15, -0.1) is 0 Å². The lowest BCUT2D eigenvalue weighted by molar-refractivity contribution is 0.0709. The first-order valence-corrected chi connectivity index (χ1v) is 12.7. The molecule has 1 saturated heterocycles. The van der Waals surface area contributed by atoms with E-state index in [1.54, 1.807) is 0 Å². The van der Waals surface area contributed by atoms with Gasteiger partial charge in [0.15, 0.2) is 5.82 Å². The predicted molar refractivity (Wildman–Crippen MR) is 137 cm³/mol. The van der Waals surface area contributed by atoms with Gasteiger partial charge in [0.2, 0.25) is 0 Å². The van der Waals surface area contributed by atoms with Crippen molar-refractivity contribution in [1.29, 1.82) is 0 Å². The van der Waals surface area contributed by atoms with Crippen molar-refractivity contribution in [3.05, 3.63) is 71.7 Å². The van der Waals surface area contributed by atoms with E-state index in [-0.39, 0.29) is 11.9 Å². The topological polar surface area (TPSA) is 82.0 Å². The Hall–Kier alpha value is -3.45. The van der Waals surface area contributed by atoms with E-state index in [1.165, 1.54) is 18.4 Å². The van der Waals surface area contributed by atoms with Crippen LogP contribution in [0.25, 0.3) is 22.6 Å². The summed E-state index contributed by atoms with van der Waals surface area (Å²) < 4.78 is 4.47. The van der Waals surface area contributed by atoms with Crippen molar-refractivity contribution in [3.8, 4) is 11.5 Å². The van der Waals surface area contributed by atoms with Crippen LogP contribution in [0.5, 0.6) is 0 Å². The van der Waals surface area contributed by atoms with E-state index in [4.69, 9.17) is 15.7 Å². The molecule has 0 radical (unpaired) electrons. The van der Waals surface area contributed by atoms with Crippen molar-refractivity contribution in [2.24, 2.45) is 18.7 Å². The summed E-state index contributed by atoms with van der Waals surface area (Å²) in [7, 11) is 2.04. The number of likely N-dealkylation sites (tertiary alicyclic amines) is 1. The zero-order valence-corrected chi connectivity index (χ0v) is 20.2. The van der Waals surface area contributed by atoms with Crippen LogP contribution in [0, 0.1) is 5.92 Å². The summed E-state index contributed by atoms with van der Waals surface area (Å²) in [5.41, 5.74) is 10.9. The second-order valence-electron chi connectivity index (χ2n) is 10.1. The van der Waals surface area contributed by atoms with Crippen LogP contribution >= 0.6 is 0 Å². The lowest BCUT2D eigenvalue weighted by Gasteiger charge is -2.30. The van der Waals surface area contributed by atoms with Gasteiger partial charge < -0.3 is 19.8 Å². The number of carbonyl (C=O) groups is 1. The number of hydrogen-bond donors (Lipinski definition) is 1. The van der Waals surface area contributed by atoms with Gasteiger partial charge in [-0.05, 0) is 55.4 Å². The minimum atomic E-state index is 0.0400. The Morgan fingerprint density at radius 1 is 1.11 bits per heavy atom. The maximum atomic E-state index is 13.1. The van der Waals surface area contributed by atoms with Crippen LogP contribution in [0.15, 0.2) is 54.7 Å². The first-order valence-electron chi connectivity index (χ1n) is 12.7. The summed E-state index contributed by atoms with van der Waals surface area (Å²) in [6.07, 6.45) is 7.25. The Bertz CT molecular complexity index is 1370. The Morgan fingerprint density at radius 2 is 1.94 bits per heavy atom. The van der Waals surface area contributed by atoms with Gasteiger partial charge >= 0.3 is 0 Å². The highest BCUT2D eigenvalue weighted by molar-refractivity contribution is 5.98. The van der Waals surface area contributed by atoms with Crippen molar-refractivity contribution in [3.63, 3.8) is 0 Å². The molecule has 6 rings (SSSR count). The molecule has 1 aliphatic carbocycles. The number of carbonyl (C=O) groups excluding carboxylic acids is 1. The number of imidazole rings is 2. The van der Waals surface area contributed by atoms with E-state index in [1.807, 2.05) is 42.4 Å². The predicted octanol–water partition coefficient (Wildman–Crippen LogP) is 4.00. The maximum Gasteiger partial charge on any atom is 0.253 e. The minimum Gasteiger partial charge on any atom is -0.337 e. The molecule has 1 amide bonds. The molecular weight excluding hydrogens is 436 g/mol. The largest absolute Gasteiger partial charge is 0.337 e. The number of amides is 1. The fourth-order valence-corrected chi connectivity index (χ4v) is 5.21. The number of hydrogen-bond acceptors (Lipinski definition) is 4. The molecule has 0 spiro atoms. The van der Waals surface area contributed by atoms with E-state index in [9.17, 15) is 4.79 Å². The Labute approximate surface area is 205 Å². The molecule has 4 aromatic rings. The molecule has 2 aromatic heterocycles. The van der Waals surface area contributed by atoms with Gasteiger partial charge in [0.25, 0.3) is 5.91 Å². The second-order valence-corrected chi connectivity index (χ2v) is 10.1. The van der Waals surface area contributed by atoms with Crippen LogP contribution in [0.4, 0.5) is 0 Å². The molecule has 0 unspecified atom stereocenters. The summed E-state index contributed by atoms with van der Waals surface area (Å²) in [6, 6.07) is 16.4. The number of benzene rings is 2. The molecule has 7 heteroatoms. The minimum absolute atomic E-state index is 0.0400. The Kier molecular flexibility index (Phi) is 5.65. The number of nitrogens with zero attached hydrogens (tertiary/aromatic N) is 5. The quantitative estimate of drug-likeness (QED) is 0.464. The van der Waals surface area contributed by atoms with Crippen LogP contribution < -0.4 is 5.73 Å². The third kappa shape index (κ3) is 4.36. The molecule has 1 atom stereocenters. The highest BCUT2D eigenvalue weighted by Gasteiger charge is 2.27. The van der Waals surface area contributed by atoms with Gasteiger partial charge in [0.1, 0.15) is 11.5 Å². The highest BCUT2D eigenvalue weighted by atomic mass is 16.2. The molecule has 2 N–H and O–H groups in total. The SMILES string of the molecule is Cn1c(-c2cnc(Cc3ccccc3)n2CC2CC2)nc2cc(C(=O)N3CCC[C@@H](N)C3)ccc21. The number of fused-ring (bicyclic) bond motifs is 1. The lowest BCUT2D eigenvalue weighted by atomic mass is 10.1. The molecule has 2 fully saturated rings. The van der Waals surface area contributed by atoms with Crippen molar-refractivity contribution < 1.29 is 4.79 Å². The second kappa shape index (κ2) is 8.96. The first kappa shape index (κ1) is 22.0.